The lowest BCUT2D eigenvalue weighted by Crippen LogP contribution is -2.25. The van der Waals surface area contributed by atoms with Crippen molar-refractivity contribution in [2.45, 2.75) is 13.0 Å². The standard InChI is InChI=1S/C8H11N3O2S/c1-11-3-2-5-6(4-11)14-7(10-5)8(12)13-9/h2-4,9H2,1H3. The van der Waals surface area contributed by atoms with Gasteiger partial charge in [0, 0.05) is 24.4 Å². The second kappa shape index (κ2) is 3.64. The molecule has 2 rings (SSSR count). The van der Waals surface area contributed by atoms with Crippen molar-refractivity contribution < 1.29 is 9.63 Å². The molecule has 0 amide bonds. The predicted octanol–water partition coefficient (Wildman–Crippen LogP) is 0.162. The van der Waals surface area contributed by atoms with E-state index in [4.69, 9.17) is 5.90 Å². The molecule has 1 aromatic rings. The molecule has 1 aliphatic heterocycles. The molecular weight excluding hydrogens is 202 g/mol. The van der Waals surface area contributed by atoms with Crippen molar-refractivity contribution in [3.8, 4) is 0 Å². The monoisotopic (exact) mass is 213 g/mol. The van der Waals surface area contributed by atoms with Crippen LogP contribution in [0.4, 0.5) is 0 Å². The predicted molar refractivity (Wildman–Crippen MR) is 51.8 cm³/mol. The summed E-state index contributed by atoms with van der Waals surface area (Å²) in [4.78, 5) is 22.8. The number of fused-ring (bicyclic) bond motifs is 1. The van der Waals surface area contributed by atoms with E-state index >= 15 is 0 Å². The van der Waals surface area contributed by atoms with Gasteiger partial charge in [-0.25, -0.2) is 9.78 Å². The molecule has 0 bridgehead atoms. The maximum Gasteiger partial charge on any atom is 0.385 e. The van der Waals surface area contributed by atoms with Crippen molar-refractivity contribution in [1.82, 2.24) is 9.88 Å². The smallest absolute Gasteiger partial charge is 0.368 e. The Labute approximate surface area is 85.4 Å². The lowest BCUT2D eigenvalue weighted by molar-refractivity contribution is 0.0503. The molecule has 0 saturated heterocycles. The number of carbonyl (C=O) groups excluding carboxylic acids is 1. The second-order valence-corrected chi connectivity index (χ2v) is 4.37. The van der Waals surface area contributed by atoms with Gasteiger partial charge in [-0.05, 0) is 7.05 Å². The quantitative estimate of drug-likeness (QED) is 0.673. The minimum atomic E-state index is -0.549. The lowest BCUT2D eigenvalue weighted by Gasteiger charge is -2.20. The average molecular weight is 213 g/mol. The van der Waals surface area contributed by atoms with Crippen LogP contribution in [0.1, 0.15) is 20.4 Å². The molecule has 0 unspecified atom stereocenters. The van der Waals surface area contributed by atoms with Crippen LogP contribution in [-0.2, 0) is 17.8 Å². The molecule has 2 heterocycles. The van der Waals surface area contributed by atoms with E-state index in [9.17, 15) is 4.79 Å². The van der Waals surface area contributed by atoms with E-state index < -0.39 is 5.97 Å². The van der Waals surface area contributed by atoms with Gasteiger partial charge in [0.05, 0.1) is 5.69 Å². The molecule has 0 fully saturated rings. The third-order valence-corrected chi connectivity index (χ3v) is 3.27. The van der Waals surface area contributed by atoms with E-state index in [1.165, 1.54) is 11.3 Å². The number of rotatable bonds is 1. The van der Waals surface area contributed by atoms with E-state index in [2.05, 4.69) is 14.7 Å². The molecule has 1 aromatic heterocycles. The molecule has 6 heteroatoms. The van der Waals surface area contributed by atoms with Crippen molar-refractivity contribution in [2.75, 3.05) is 13.6 Å². The highest BCUT2D eigenvalue weighted by Gasteiger charge is 2.21. The summed E-state index contributed by atoms with van der Waals surface area (Å²) in [5.41, 5.74) is 1.01. The van der Waals surface area contributed by atoms with Gasteiger partial charge in [0.25, 0.3) is 0 Å². The molecule has 14 heavy (non-hydrogen) atoms. The third kappa shape index (κ3) is 1.63. The lowest BCUT2D eigenvalue weighted by atomic mass is 10.2. The first-order valence-corrected chi connectivity index (χ1v) is 5.10. The normalized spacial score (nSPS) is 16.4. The van der Waals surface area contributed by atoms with Crippen molar-refractivity contribution in [1.29, 1.82) is 0 Å². The Morgan fingerprint density at radius 3 is 3.21 bits per heavy atom. The van der Waals surface area contributed by atoms with Crippen molar-refractivity contribution >= 4 is 17.3 Å². The zero-order valence-electron chi connectivity index (χ0n) is 7.82. The van der Waals surface area contributed by atoms with Gasteiger partial charge in [0.15, 0.2) is 0 Å². The number of nitrogens with two attached hydrogens (primary N) is 1. The van der Waals surface area contributed by atoms with Gasteiger partial charge in [-0.15, -0.1) is 11.3 Å². The minimum absolute atomic E-state index is 0.354. The van der Waals surface area contributed by atoms with Crippen LogP contribution < -0.4 is 5.90 Å². The molecule has 0 saturated carbocycles. The van der Waals surface area contributed by atoms with Crippen LogP contribution in [0, 0.1) is 0 Å². The van der Waals surface area contributed by atoms with Crippen LogP contribution in [0.25, 0.3) is 0 Å². The first kappa shape index (κ1) is 9.57. The fourth-order valence-corrected chi connectivity index (χ4v) is 2.53. The summed E-state index contributed by atoms with van der Waals surface area (Å²) < 4.78 is 0. The van der Waals surface area contributed by atoms with Crippen LogP contribution in [0.2, 0.25) is 0 Å². The van der Waals surface area contributed by atoms with Crippen LogP contribution in [0.5, 0.6) is 0 Å². The van der Waals surface area contributed by atoms with Crippen LogP contribution in [0.15, 0.2) is 0 Å². The van der Waals surface area contributed by atoms with E-state index in [1.54, 1.807) is 0 Å². The molecule has 5 nitrogen and oxygen atoms in total. The fraction of sp³-hybridized carbons (Fsp3) is 0.500. The highest BCUT2D eigenvalue weighted by Crippen LogP contribution is 2.24. The largest absolute Gasteiger partial charge is 0.385 e. The van der Waals surface area contributed by atoms with Gasteiger partial charge in [0.2, 0.25) is 5.01 Å². The van der Waals surface area contributed by atoms with Gasteiger partial charge < -0.3 is 9.74 Å². The Morgan fingerprint density at radius 1 is 1.71 bits per heavy atom. The Morgan fingerprint density at radius 2 is 2.50 bits per heavy atom. The van der Waals surface area contributed by atoms with Gasteiger partial charge in [-0.2, -0.15) is 5.90 Å². The summed E-state index contributed by atoms with van der Waals surface area (Å²) in [6.45, 7) is 1.83. The van der Waals surface area contributed by atoms with E-state index in [0.29, 0.717) is 5.01 Å². The molecule has 76 valence electrons. The molecule has 0 radical (unpaired) electrons. The maximum absolute atomic E-state index is 11.1. The highest BCUT2D eigenvalue weighted by atomic mass is 32.1. The number of hydrogen-bond acceptors (Lipinski definition) is 6. The number of thiazole rings is 1. The average Bonchev–Trinajstić information content (AvgIpc) is 2.59. The summed E-state index contributed by atoms with van der Waals surface area (Å²) in [6, 6.07) is 0. The van der Waals surface area contributed by atoms with E-state index in [0.717, 1.165) is 30.1 Å². The van der Waals surface area contributed by atoms with Crippen LogP contribution in [-0.4, -0.2) is 29.4 Å². The van der Waals surface area contributed by atoms with E-state index in [1.807, 2.05) is 7.05 Å². The van der Waals surface area contributed by atoms with Gasteiger partial charge in [-0.3, -0.25) is 0 Å². The molecular formula is C8H11N3O2S. The fourth-order valence-electron chi connectivity index (χ4n) is 1.46. The Hall–Kier alpha value is -0.980. The number of carbonyl (C=O) groups is 1. The van der Waals surface area contributed by atoms with Gasteiger partial charge >= 0.3 is 5.97 Å². The van der Waals surface area contributed by atoms with Crippen molar-refractivity contribution in [3.05, 3.63) is 15.6 Å². The highest BCUT2D eigenvalue weighted by molar-refractivity contribution is 7.13. The first-order chi connectivity index (χ1) is 6.70. The first-order valence-electron chi connectivity index (χ1n) is 4.29. The number of likely N-dealkylation sites (N-methyl/N-ethyl adjacent to an activating group) is 1. The Kier molecular flexibility index (Phi) is 2.49. The molecule has 1 aliphatic rings. The topological polar surface area (TPSA) is 68.5 Å². The summed E-state index contributed by atoms with van der Waals surface area (Å²) >= 11 is 1.36. The Balaban J connectivity index is 2.27. The summed E-state index contributed by atoms with van der Waals surface area (Å²) in [5, 5.41) is 0.354. The second-order valence-electron chi connectivity index (χ2n) is 3.28. The Bertz CT molecular complexity index is 363. The van der Waals surface area contributed by atoms with Crippen LogP contribution in [0.3, 0.4) is 0 Å². The van der Waals surface area contributed by atoms with Gasteiger partial charge in [0.1, 0.15) is 0 Å². The number of nitrogens with zero attached hydrogens (tertiary/aromatic N) is 2. The van der Waals surface area contributed by atoms with Crippen LogP contribution >= 0.6 is 11.3 Å². The zero-order chi connectivity index (χ0) is 10.1. The van der Waals surface area contributed by atoms with Gasteiger partial charge in [-0.1, -0.05) is 0 Å². The minimum Gasteiger partial charge on any atom is -0.368 e. The summed E-state index contributed by atoms with van der Waals surface area (Å²) in [6.07, 6.45) is 0.889. The molecule has 0 atom stereocenters. The molecule has 0 aromatic carbocycles. The molecule has 0 aliphatic carbocycles. The third-order valence-electron chi connectivity index (χ3n) is 2.20. The van der Waals surface area contributed by atoms with Crippen molar-refractivity contribution in [2.24, 2.45) is 5.90 Å². The zero-order valence-corrected chi connectivity index (χ0v) is 8.63. The SMILES string of the molecule is CN1CCc2nc(C(=O)ON)sc2C1. The number of hydrogen-bond donors (Lipinski definition) is 1. The molecule has 2 N–H and O–H groups in total. The molecule has 0 spiro atoms. The van der Waals surface area contributed by atoms with E-state index in [-0.39, 0.29) is 0 Å². The summed E-state index contributed by atoms with van der Waals surface area (Å²) in [5.74, 6) is 4.25. The maximum atomic E-state index is 11.1. The summed E-state index contributed by atoms with van der Waals surface area (Å²) in [7, 11) is 2.05. The van der Waals surface area contributed by atoms with Crippen molar-refractivity contribution in [3.63, 3.8) is 0 Å². The number of aromatic nitrogens is 1.